The minimum atomic E-state index is 0.605. The Bertz CT molecular complexity index is 583. The van der Waals surface area contributed by atoms with Crippen LogP contribution in [0, 0.1) is 13.8 Å². The summed E-state index contributed by atoms with van der Waals surface area (Å²) >= 11 is 0. The number of hydrogen-bond acceptors (Lipinski definition) is 1. The van der Waals surface area contributed by atoms with E-state index in [0.29, 0.717) is 6.04 Å². The summed E-state index contributed by atoms with van der Waals surface area (Å²) in [5.74, 6) is 0. The highest BCUT2D eigenvalue weighted by atomic mass is 15.1. The Morgan fingerprint density at radius 2 is 2.06 bits per heavy atom. The summed E-state index contributed by atoms with van der Waals surface area (Å²) < 4.78 is 2.60. The van der Waals surface area contributed by atoms with Gasteiger partial charge in [-0.25, -0.2) is 0 Å². The molecule has 0 radical (unpaired) electrons. The van der Waals surface area contributed by atoms with Gasteiger partial charge in [-0.2, -0.15) is 0 Å². The predicted molar refractivity (Wildman–Crippen MR) is 75.1 cm³/mol. The van der Waals surface area contributed by atoms with Crippen LogP contribution in [-0.4, -0.2) is 11.1 Å². The third-order valence-corrected chi connectivity index (χ3v) is 4.74. The highest BCUT2D eigenvalue weighted by Gasteiger charge is 2.30. The van der Waals surface area contributed by atoms with Crippen LogP contribution >= 0.6 is 0 Å². The maximum absolute atomic E-state index is 3.70. The molecular formula is C16H20N2. The first-order valence-electron chi connectivity index (χ1n) is 7.12. The Hall–Kier alpha value is -1.28. The normalized spacial score (nSPS) is 22.2. The molecule has 1 unspecified atom stereocenters. The van der Waals surface area contributed by atoms with Crippen molar-refractivity contribution in [2.45, 2.75) is 45.7 Å². The van der Waals surface area contributed by atoms with Crippen molar-refractivity contribution in [3.63, 3.8) is 0 Å². The highest BCUT2D eigenvalue weighted by Crippen LogP contribution is 2.40. The third-order valence-electron chi connectivity index (χ3n) is 4.74. The van der Waals surface area contributed by atoms with Gasteiger partial charge in [0.05, 0.1) is 5.52 Å². The van der Waals surface area contributed by atoms with Gasteiger partial charge in [-0.05, 0) is 49.8 Å². The van der Waals surface area contributed by atoms with Crippen LogP contribution in [0.3, 0.4) is 0 Å². The molecule has 2 aromatic rings. The van der Waals surface area contributed by atoms with Crippen molar-refractivity contribution < 1.29 is 0 Å². The van der Waals surface area contributed by atoms with Gasteiger partial charge in [0, 0.05) is 30.2 Å². The molecule has 94 valence electrons. The molecular weight excluding hydrogens is 220 g/mol. The molecule has 2 nitrogen and oxygen atoms in total. The van der Waals surface area contributed by atoms with Crippen molar-refractivity contribution in [2.75, 3.05) is 6.54 Å². The average molecular weight is 240 g/mol. The Morgan fingerprint density at radius 1 is 1.22 bits per heavy atom. The second kappa shape index (κ2) is 3.61. The van der Waals surface area contributed by atoms with Crippen molar-refractivity contribution in [3.05, 3.63) is 34.5 Å². The zero-order valence-corrected chi connectivity index (χ0v) is 11.2. The van der Waals surface area contributed by atoms with E-state index < -0.39 is 0 Å². The van der Waals surface area contributed by atoms with E-state index in [9.17, 15) is 0 Å². The number of benzene rings is 1. The Morgan fingerprint density at radius 3 is 2.94 bits per heavy atom. The van der Waals surface area contributed by atoms with Gasteiger partial charge in [0.1, 0.15) is 0 Å². The predicted octanol–water partition coefficient (Wildman–Crippen LogP) is 3.24. The molecule has 0 bridgehead atoms. The molecule has 1 atom stereocenters. The molecule has 2 heteroatoms. The van der Waals surface area contributed by atoms with E-state index in [4.69, 9.17) is 0 Å². The zero-order chi connectivity index (χ0) is 12.3. The molecule has 1 aliphatic carbocycles. The van der Waals surface area contributed by atoms with E-state index in [1.807, 2.05) is 0 Å². The molecule has 1 aromatic carbocycles. The second-order valence-electron chi connectivity index (χ2n) is 5.84. The van der Waals surface area contributed by atoms with E-state index in [2.05, 4.69) is 35.9 Å². The van der Waals surface area contributed by atoms with Crippen LogP contribution in [0.25, 0.3) is 10.9 Å². The van der Waals surface area contributed by atoms with Gasteiger partial charge in [-0.15, -0.1) is 0 Å². The molecule has 0 saturated carbocycles. The topological polar surface area (TPSA) is 17.0 Å². The molecule has 1 aromatic heterocycles. The van der Waals surface area contributed by atoms with Crippen molar-refractivity contribution in [2.24, 2.45) is 0 Å². The van der Waals surface area contributed by atoms with E-state index >= 15 is 0 Å². The van der Waals surface area contributed by atoms with Crippen molar-refractivity contribution in [3.8, 4) is 0 Å². The van der Waals surface area contributed by atoms with E-state index in [1.165, 1.54) is 35.9 Å². The maximum atomic E-state index is 3.70. The summed E-state index contributed by atoms with van der Waals surface area (Å²) in [7, 11) is 0. The molecule has 1 aliphatic heterocycles. The summed E-state index contributed by atoms with van der Waals surface area (Å²) in [6.07, 6.45) is 3.90. The van der Waals surface area contributed by atoms with Crippen LogP contribution in [-0.2, 0) is 13.0 Å². The first kappa shape index (κ1) is 10.6. The highest BCUT2D eigenvalue weighted by molar-refractivity contribution is 5.91. The van der Waals surface area contributed by atoms with Gasteiger partial charge < -0.3 is 9.88 Å². The fourth-order valence-electron chi connectivity index (χ4n) is 3.99. The third kappa shape index (κ3) is 1.22. The second-order valence-corrected chi connectivity index (χ2v) is 5.84. The van der Waals surface area contributed by atoms with Gasteiger partial charge in [0.2, 0.25) is 0 Å². The summed E-state index contributed by atoms with van der Waals surface area (Å²) in [5, 5.41) is 5.25. The van der Waals surface area contributed by atoms with Gasteiger partial charge in [-0.1, -0.05) is 12.1 Å². The van der Waals surface area contributed by atoms with Crippen LogP contribution in [0.2, 0.25) is 0 Å². The van der Waals surface area contributed by atoms with Crippen molar-refractivity contribution in [1.29, 1.82) is 0 Å². The van der Waals surface area contributed by atoms with E-state index in [0.717, 1.165) is 13.1 Å². The molecule has 0 spiro atoms. The quantitative estimate of drug-likeness (QED) is 0.748. The number of aryl methyl sites for hydroxylation is 3. The molecule has 4 rings (SSSR count). The molecule has 2 aliphatic rings. The number of nitrogens with zero attached hydrogens (tertiary/aromatic N) is 1. The molecule has 1 N–H and O–H groups in total. The largest absolute Gasteiger partial charge is 0.341 e. The van der Waals surface area contributed by atoms with Gasteiger partial charge in [0.25, 0.3) is 0 Å². The number of hydrogen-bond donors (Lipinski definition) is 1. The van der Waals surface area contributed by atoms with E-state index in [1.54, 1.807) is 16.6 Å². The number of fused-ring (bicyclic) bond motifs is 3. The SMILES string of the molecule is Cc1ccc(C)c2c1c1c3n2CCNC3CCC1. The van der Waals surface area contributed by atoms with Crippen LogP contribution in [0.15, 0.2) is 12.1 Å². The molecule has 0 amide bonds. The number of nitrogens with one attached hydrogen (secondary N) is 1. The number of aromatic nitrogens is 1. The van der Waals surface area contributed by atoms with Crippen LogP contribution in [0.5, 0.6) is 0 Å². The summed E-state index contributed by atoms with van der Waals surface area (Å²) in [6.45, 7) is 6.77. The smallest absolute Gasteiger partial charge is 0.0518 e. The fraction of sp³-hybridized carbons (Fsp3) is 0.500. The summed E-state index contributed by atoms with van der Waals surface area (Å²) in [5.41, 5.74) is 7.63. The Balaban J connectivity index is 2.18. The fourth-order valence-corrected chi connectivity index (χ4v) is 3.99. The molecule has 0 saturated heterocycles. The monoisotopic (exact) mass is 240 g/mol. The van der Waals surface area contributed by atoms with Crippen molar-refractivity contribution in [1.82, 2.24) is 9.88 Å². The van der Waals surface area contributed by atoms with E-state index in [-0.39, 0.29) is 0 Å². The summed E-state index contributed by atoms with van der Waals surface area (Å²) in [4.78, 5) is 0. The Labute approximate surface area is 108 Å². The van der Waals surface area contributed by atoms with Crippen LogP contribution in [0.1, 0.15) is 41.3 Å². The zero-order valence-electron chi connectivity index (χ0n) is 11.2. The summed E-state index contributed by atoms with van der Waals surface area (Å²) in [6, 6.07) is 5.18. The molecule has 18 heavy (non-hydrogen) atoms. The Kier molecular flexibility index (Phi) is 2.13. The van der Waals surface area contributed by atoms with Crippen molar-refractivity contribution >= 4 is 10.9 Å². The lowest BCUT2D eigenvalue weighted by Crippen LogP contribution is -2.35. The van der Waals surface area contributed by atoms with Crippen LogP contribution in [0.4, 0.5) is 0 Å². The van der Waals surface area contributed by atoms with Gasteiger partial charge in [0.15, 0.2) is 0 Å². The average Bonchev–Trinajstić information content (AvgIpc) is 2.73. The lowest BCUT2D eigenvalue weighted by molar-refractivity contribution is 0.384. The van der Waals surface area contributed by atoms with Crippen LogP contribution < -0.4 is 5.32 Å². The van der Waals surface area contributed by atoms with Gasteiger partial charge in [-0.3, -0.25) is 0 Å². The first-order chi connectivity index (χ1) is 8.77. The number of rotatable bonds is 0. The standard InChI is InChI=1S/C16H20N2/c1-10-6-7-11(2)15-14(10)12-4-3-5-13-16(12)18(15)9-8-17-13/h6-7,13,17H,3-5,8-9H2,1-2H3. The lowest BCUT2D eigenvalue weighted by Gasteiger charge is -2.31. The minimum absolute atomic E-state index is 0.605. The lowest BCUT2D eigenvalue weighted by atomic mass is 9.90. The maximum Gasteiger partial charge on any atom is 0.0518 e. The molecule has 2 heterocycles. The van der Waals surface area contributed by atoms with Gasteiger partial charge >= 0.3 is 0 Å². The minimum Gasteiger partial charge on any atom is -0.341 e. The molecule has 0 fully saturated rings. The first-order valence-corrected chi connectivity index (χ1v) is 7.12.